The molecular weight excluding hydrogens is 286 g/mol. The number of aliphatic hydroxyl groups excluding tert-OH is 1. The molecule has 1 amide bonds. The second kappa shape index (κ2) is 8.60. The topological polar surface area (TPSA) is 77.0 Å². The van der Waals surface area contributed by atoms with Crippen LogP contribution in [0.4, 0.5) is 0 Å². The Kier molecular flexibility index (Phi) is 6.48. The van der Waals surface area contributed by atoms with Crippen molar-refractivity contribution in [3.05, 3.63) is 23.8 Å². The van der Waals surface area contributed by atoms with Crippen LogP contribution in [-0.4, -0.2) is 50.6 Å². The molecule has 6 nitrogen and oxygen atoms in total. The molecule has 1 fully saturated rings. The number of ether oxygens (including phenoxy) is 3. The predicted molar refractivity (Wildman–Crippen MR) is 81.5 cm³/mol. The maximum atomic E-state index is 12.1. The lowest BCUT2D eigenvalue weighted by Crippen LogP contribution is -2.27. The van der Waals surface area contributed by atoms with E-state index >= 15 is 0 Å². The van der Waals surface area contributed by atoms with Crippen LogP contribution in [0.5, 0.6) is 11.5 Å². The van der Waals surface area contributed by atoms with Crippen molar-refractivity contribution in [2.75, 3.05) is 33.5 Å². The number of benzene rings is 1. The Morgan fingerprint density at radius 1 is 1.45 bits per heavy atom. The maximum Gasteiger partial charge on any atom is 0.251 e. The predicted octanol–water partition coefficient (Wildman–Crippen LogP) is 1.37. The molecule has 0 aliphatic carbocycles. The summed E-state index contributed by atoms with van der Waals surface area (Å²) in [4.78, 5) is 12.1. The number of carbonyl (C=O) groups is 1. The van der Waals surface area contributed by atoms with E-state index in [0.29, 0.717) is 23.6 Å². The summed E-state index contributed by atoms with van der Waals surface area (Å²) in [7, 11) is 1.53. The zero-order chi connectivity index (χ0) is 15.8. The molecule has 2 rings (SSSR count). The Hall–Kier alpha value is -1.79. The van der Waals surface area contributed by atoms with E-state index in [9.17, 15) is 4.79 Å². The Labute approximate surface area is 130 Å². The zero-order valence-electron chi connectivity index (χ0n) is 12.8. The van der Waals surface area contributed by atoms with Crippen LogP contribution in [0.2, 0.25) is 0 Å². The van der Waals surface area contributed by atoms with Crippen LogP contribution >= 0.6 is 0 Å². The van der Waals surface area contributed by atoms with Gasteiger partial charge in [0.2, 0.25) is 0 Å². The maximum absolute atomic E-state index is 12.1. The van der Waals surface area contributed by atoms with Crippen molar-refractivity contribution in [3.8, 4) is 11.5 Å². The molecule has 6 heteroatoms. The van der Waals surface area contributed by atoms with Gasteiger partial charge < -0.3 is 24.6 Å². The number of methoxy groups -OCH3 is 1. The van der Waals surface area contributed by atoms with Crippen LogP contribution in [0.15, 0.2) is 18.2 Å². The van der Waals surface area contributed by atoms with Crippen LogP contribution in [0, 0.1) is 0 Å². The summed E-state index contributed by atoms with van der Waals surface area (Å²) in [6, 6.07) is 4.99. The largest absolute Gasteiger partial charge is 0.493 e. The van der Waals surface area contributed by atoms with E-state index in [4.69, 9.17) is 19.3 Å². The quantitative estimate of drug-likeness (QED) is 0.758. The molecule has 0 spiro atoms. The zero-order valence-corrected chi connectivity index (χ0v) is 12.8. The van der Waals surface area contributed by atoms with E-state index < -0.39 is 0 Å². The van der Waals surface area contributed by atoms with Gasteiger partial charge in [0, 0.05) is 18.7 Å². The molecule has 22 heavy (non-hydrogen) atoms. The summed E-state index contributed by atoms with van der Waals surface area (Å²) in [5.41, 5.74) is 0.501. The first-order valence-corrected chi connectivity index (χ1v) is 7.56. The lowest BCUT2D eigenvalue weighted by atomic mass is 10.1. The van der Waals surface area contributed by atoms with Gasteiger partial charge in [0.05, 0.1) is 19.8 Å². The third-order valence-electron chi connectivity index (χ3n) is 3.55. The van der Waals surface area contributed by atoms with Gasteiger partial charge in [0.25, 0.3) is 5.91 Å². The molecule has 0 bridgehead atoms. The first kappa shape index (κ1) is 16.6. The molecule has 1 unspecified atom stereocenters. The lowest BCUT2D eigenvalue weighted by molar-refractivity contribution is 0.0906. The molecule has 1 aliphatic rings. The summed E-state index contributed by atoms with van der Waals surface area (Å²) in [5, 5.41) is 11.7. The van der Waals surface area contributed by atoms with Gasteiger partial charge >= 0.3 is 0 Å². The van der Waals surface area contributed by atoms with Gasteiger partial charge in [-0.15, -0.1) is 0 Å². The van der Waals surface area contributed by atoms with Gasteiger partial charge in [-0.3, -0.25) is 4.79 Å². The number of amides is 1. The highest BCUT2D eigenvalue weighted by Gasteiger charge is 2.16. The molecule has 0 saturated carbocycles. The third kappa shape index (κ3) is 4.61. The Morgan fingerprint density at radius 2 is 2.32 bits per heavy atom. The molecule has 0 radical (unpaired) electrons. The van der Waals surface area contributed by atoms with Gasteiger partial charge in [-0.25, -0.2) is 0 Å². The molecule has 1 aromatic carbocycles. The van der Waals surface area contributed by atoms with E-state index in [1.807, 2.05) is 0 Å². The fourth-order valence-corrected chi connectivity index (χ4v) is 2.41. The fourth-order valence-electron chi connectivity index (χ4n) is 2.41. The fraction of sp³-hybridized carbons (Fsp3) is 0.562. The number of hydrogen-bond acceptors (Lipinski definition) is 5. The smallest absolute Gasteiger partial charge is 0.251 e. The summed E-state index contributed by atoms with van der Waals surface area (Å²) in [6.45, 7) is 1.46. The molecular formula is C16H23NO5. The van der Waals surface area contributed by atoms with Crippen molar-refractivity contribution in [1.82, 2.24) is 5.32 Å². The molecule has 1 atom stereocenters. The summed E-state index contributed by atoms with van der Waals surface area (Å²) >= 11 is 0. The summed E-state index contributed by atoms with van der Waals surface area (Å²) < 4.78 is 16.1. The molecule has 1 aromatic rings. The van der Waals surface area contributed by atoms with Crippen molar-refractivity contribution in [2.45, 2.75) is 25.4 Å². The van der Waals surface area contributed by atoms with Crippen molar-refractivity contribution in [3.63, 3.8) is 0 Å². The Morgan fingerprint density at radius 3 is 3.00 bits per heavy atom. The van der Waals surface area contributed by atoms with Gasteiger partial charge in [0.1, 0.15) is 6.61 Å². The van der Waals surface area contributed by atoms with Gasteiger partial charge in [-0.2, -0.15) is 0 Å². The minimum absolute atomic E-state index is 0.0963. The molecule has 0 aromatic heterocycles. The summed E-state index contributed by atoms with van der Waals surface area (Å²) in [5.74, 6) is 0.821. The first-order valence-electron chi connectivity index (χ1n) is 7.56. The molecule has 1 saturated heterocycles. The second-order valence-electron chi connectivity index (χ2n) is 5.12. The van der Waals surface area contributed by atoms with E-state index in [2.05, 4.69) is 5.32 Å². The minimum atomic E-state index is -0.158. The second-order valence-corrected chi connectivity index (χ2v) is 5.12. The number of nitrogens with one attached hydrogen (secondary N) is 1. The van der Waals surface area contributed by atoms with Crippen molar-refractivity contribution in [1.29, 1.82) is 0 Å². The van der Waals surface area contributed by atoms with E-state index in [1.54, 1.807) is 18.2 Å². The third-order valence-corrected chi connectivity index (χ3v) is 3.55. The molecule has 2 N–H and O–H groups in total. The monoisotopic (exact) mass is 309 g/mol. The molecule has 1 heterocycles. The number of hydrogen-bond donors (Lipinski definition) is 2. The highest BCUT2D eigenvalue weighted by Crippen LogP contribution is 2.28. The first-order chi connectivity index (χ1) is 10.7. The Balaban J connectivity index is 1.90. The van der Waals surface area contributed by atoms with Crippen LogP contribution in [-0.2, 0) is 4.74 Å². The van der Waals surface area contributed by atoms with E-state index in [-0.39, 0.29) is 25.2 Å². The van der Waals surface area contributed by atoms with Gasteiger partial charge in [0.15, 0.2) is 11.5 Å². The number of rotatable bonds is 8. The molecule has 1 aliphatic heterocycles. The van der Waals surface area contributed by atoms with Crippen LogP contribution < -0.4 is 14.8 Å². The average Bonchev–Trinajstić information content (AvgIpc) is 3.05. The lowest BCUT2D eigenvalue weighted by Gasteiger charge is -2.13. The van der Waals surface area contributed by atoms with E-state index in [0.717, 1.165) is 25.9 Å². The Bertz CT molecular complexity index is 485. The summed E-state index contributed by atoms with van der Waals surface area (Å²) in [6.07, 6.45) is 3.26. The van der Waals surface area contributed by atoms with Crippen LogP contribution in [0.25, 0.3) is 0 Å². The SMILES string of the molecule is COc1ccc(C(=O)NCCC2CCCO2)cc1OCCO. The highest BCUT2D eigenvalue weighted by molar-refractivity contribution is 5.94. The minimum Gasteiger partial charge on any atom is -0.493 e. The van der Waals surface area contributed by atoms with Gasteiger partial charge in [-0.1, -0.05) is 0 Å². The van der Waals surface area contributed by atoms with Crippen molar-refractivity contribution >= 4 is 5.91 Å². The van der Waals surface area contributed by atoms with Crippen molar-refractivity contribution < 1.29 is 24.1 Å². The number of aliphatic hydroxyl groups is 1. The van der Waals surface area contributed by atoms with Crippen LogP contribution in [0.1, 0.15) is 29.6 Å². The highest BCUT2D eigenvalue weighted by atomic mass is 16.5. The van der Waals surface area contributed by atoms with Crippen molar-refractivity contribution in [2.24, 2.45) is 0 Å². The molecule has 122 valence electrons. The normalized spacial score (nSPS) is 17.3. The van der Waals surface area contributed by atoms with E-state index in [1.165, 1.54) is 7.11 Å². The number of carbonyl (C=O) groups excluding carboxylic acids is 1. The van der Waals surface area contributed by atoms with Crippen LogP contribution in [0.3, 0.4) is 0 Å². The average molecular weight is 309 g/mol. The van der Waals surface area contributed by atoms with Gasteiger partial charge in [-0.05, 0) is 37.5 Å². The standard InChI is InChI=1S/C16H23NO5/c1-20-14-5-4-12(11-15(14)22-10-8-18)16(19)17-7-6-13-3-2-9-21-13/h4-5,11,13,18H,2-3,6-10H2,1H3,(H,17,19).